The molecular formula is C9H20BrN. The molecule has 0 spiro atoms. The summed E-state index contributed by atoms with van der Waals surface area (Å²) in [6.07, 6.45) is 1.25. The van der Waals surface area contributed by atoms with Gasteiger partial charge in [-0.15, -0.1) is 0 Å². The molecule has 0 amide bonds. The molecule has 0 N–H and O–H groups in total. The number of alkyl halides is 1. The average molecular weight is 222 g/mol. The Morgan fingerprint density at radius 2 is 1.55 bits per heavy atom. The zero-order valence-corrected chi connectivity index (χ0v) is 9.69. The maximum atomic E-state index is 3.45. The van der Waals surface area contributed by atoms with Gasteiger partial charge in [0.25, 0.3) is 0 Å². The quantitative estimate of drug-likeness (QED) is 0.646. The van der Waals surface area contributed by atoms with E-state index in [4.69, 9.17) is 0 Å². The minimum Gasteiger partial charge on any atom is -0.299 e. The third-order valence-corrected chi connectivity index (χ3v) is 2.44. The third kappa shape index (κ3) is 4.81. The molecule has 0 saturated carbocycles. The van der Waals surface area contributed by atoms with Crippen LogP contribution < -0.4 is 0 Å². The number of halogens is 1. The van der Waals surface area contributed by atoms with E-state index >= 15 is 0 Å². The Labute approximate surface area is 79.3 Å². The lowest BCUT2D eigenvalue weighted by molar-refractivity contribution is 0.176. The molecule has 0 unspecified atom stereocenters. The van der Waals surface area contributed by atoms with Crippen LogP contribution in [-0.2, 0) is 0 Å². The Kier molecular flexibility index (Phi) is 6.25. The van der Waals surface area contributed by atoms with Gasteiger partial charge in [-0.1, -0.05) is 15.9 Å². The van der Waals surface area contributed by atoms with Gasteiger partial charge in [-0.3, -0.25) is 4.90 Å². The summed E-state index contributed by atoms with van der Waals surface area (Å²) in [4.78, 5) is 2.52. The van der Waals surface area contributed by atoms with Gasteiger partial charge in [-0.05, 0) is 40.7 Å². The van der Waals surface area contributed by atoms with Gasteiger partial charge in [0.1, 0.15) is 0 Å². The molecule has 0 bridgehead atoms. The van der Waals surface area contributed by atoms with Crippen molar-refractivity contribution in [2.45, 2.75) is 46.2 Å². The Balaban J connectivity index is 3.70. The third-order valence-electron chi connectivity index (χ3n) is 1.88. The Morgan fingerprint density at radius 3 is 1.82 bits per heavy atom. The summed E-state index contributed by atoms with van der Waals surface area (Å²) in [5.41, 5.74) is 0. The highest BCUT2D eigenvalue weighted by Gasteiger charge is 2.11. The average Bonchev–Trinajstić information content (AvgIpc) is 1.87. The van der Waals surface area contributed by atoms with Gasteiger partial charge in [0.05, 0.1) is 0 Å². The second kappa shape index (κ2) is 6.01. The van der Waals surface area contributed by atoms with Crippen molar-refractivity contribution >= 4 is 15.9 Å². The molecule has 2 heteroatoms. The second-order valence-electron chi connectivity index (χ2n) is 3.47. The first kappa shape index (κ1) is 11.4. The molecule has 0 radical (unpaired) electrons. The molecule has 0 atom stereocenters. The zero-order valence-electron chi connectivity index (χ0n) is 8.10. The molecule has 0 saturated heterocycles. The van der Waals surface area contributed by atoms with Gasteiger partial charge >= 0.3 is 0 Å². The lowest BCUT2D eigenvalue weighted by Gasteiger charge is -2.30. The fourth-order valence-corrected chi connectivity index (χ4v) is 1.61. The van der Waals surface area contributed by atoms with E-state index in [2.05, 4.69) is 48.5 Å². The largest absolute Gasteiger partial charge is 0.299 e. The summed E-state index contributed by atoms with van der Waals surface area (Å²) in [5, 5.41) is 1.11. The van der Waals surface area contributed by atoms with Crippen LogP contribution >= 0.6 is 15.9 Å². The summed E-state index contributed by atoms with van der Waals surface area (Å²) in [5.74, 6) is 0. The monoisotopic (exact) mass is 221 g/mol. The Hall–Kier alpha value is 0.440. The lowest BCUT2D eigenvalue weighted by atomic mass is 10.2. The molecule has 0 aromatic heterocycles. The first-order chi connectivity index (χ1) is 5.09. The van der Waals surface area contributed by atoms with E-state index in [1.54, 1.807) is 0 Å². The summed E-state index contributed by atoms with van der Waals surface area (Å²) in [7, 11) is 0. The van der Waals surface area contributed by atoms with E-state index in [0.29, 0.717) is 12.1 Å². The molecule has 0 aliphatic carbocycles. The number of rotatable bonds is 5. The summed E-state index contributed by atoms with van der Waals surface area (Å²) >= 11 is 3.45. The molecule has 0 rings (SSSR count). The van der Waals surface area contributed by atoms with Crippen molar-refractivity contribution in [1.82, 2.24) is 4.90 Å². The van der Waals surface area contributed by atoms with Gasteiger partial charge in [-0.2, -0.15) is 0 Å². The van der Waals surface area contributed by atoms with Gasteiger partial charge < -0.3 is 0 Å². The second-order valence-corrected chi connectivity index (χ2v) is 4.26. The van der Waals surface area contributed by atoms with Crippen molar-refractivity contribution in [3.05, 3.63) is 0 Å². The normalized spacial score (nSPS) is 12.0. The van der Waals surface area contributed by atoms with Crippen LogP contribution in [0.1, 0.15) is 34.1 Å². The maximum Gasteiger partial charge on any atom is 0.00434 e. The SMILES string of the molecule is CC(C)N(CCCBr)C(C)C. The number of nitrogens with zero attached hydrogens (tertiary/aromatic N) is 1. The molecule has 68 valence electrons. The first-order valence-electron chi connectivity index (χ1n) is 4.41. The van der Waals surface area contributed by atoms with Crippen molar-refractivity contribution in [3.8, 4) is 0 Å². The Bertz CT molecular complexity index is 83.6. The summed E-state index contributed by atoms with van der Waals surface area (Å²) in [6, 6.07) is 1.35. The molecule has 11 heavy (non-hydrogen) atoms. The first-order valence-corrected chi connectivity index (χ1v) is 5.53. The van der Waals surface area contributed by atoms with Crippen molar-refractivity contribution in [1.29, 1.82) is 0 Å². The molecule has 0 aliphatic rings. The van der Waals surface area contributed by atoms with E-state index in [9.17, 15) is 0 Å². The van der Waals surface area contributed by atoms with Gasteiger partial charge in [0.15, 0.2) is 0 Å². The summed E-state index contributed by atoms with van der Waals surface area (Å²) in [6.45, 7) is 10.2. The van der Waals surface area contributed by atoms with Crippen LogP contribution in [0.25, 0.3) is 0 Å². The van der Waals surface area contributed by atoms with Crippen LogP contribution in [0.2, 0.25) is 0 Å². The van der Waals surface area contributed by atoms with Crippen LogP contribution in [-0.4, -0.2) is 28.9 Å². The lowest BCUT2D eigenvalue weighted by Crippen LogP contribution is -2.37. The van der Waals surface area contributed by atoms with Gasteiger partial charge in [-0.25, -0.2) is 0 Å². The van der Waals surface area contributed by atoms with E-state index < -0.39 is 0 Å². The van der Waals surface area contributed by atoms with Gasteiger partial charge in [0.2, 0.25) is 0 Å². The van der Waals surface area contributed by atoms with Crippen LogP contribution in [0.15, 0.2) is 0 Å². The predicted octanol–water partition coefficient (Wildman–Crippen LogP) is 2.89. The predicted molar refractivity (Wildman–Crippen MR) is 55.4 cm³/mol. The standard InChI is InChI=1S/C9H20BrN/c1-8(2)11(9(3)4)7-5-6-10/h8-9H,5-7H2,1-4H3. The van der Waals surface area contributed by atoms with Crippen molar-refractivity contribution < 1.29 is 0 Å². The minimum absolute atomic E-state index is 0.675. The molecule has 0 aromatic carbocycles. The van der Waals surface area contributed by atoms with Crippen molar-refractivity contribution in [2.75, 3.05) is 11.9 Å². The number of hydrogen-bond donors (Lipinski definition) is 0. The topological polar surface area (TPSA) is 3.24 Å². The molecule has 0 aliphatic heterocycles. The Morgan fingerprint density at radius 1 is 1.09 bits per heavy atom. The van der Waals surface area contributed by atoms with Crippen LogP contribution in [0.5, 0.6) is 0 Å². The maximum absolute atomic E-state index is 3.45. The van der Waals surface area contributed by atoms with E-state index in [-0.39, 0.29) is 0 Å². The van der Waals surface area contributed by atoms with Crippen LogP contribution in [0.4, 0.5) is 0 Å². The molecular weight excluding hydrogens is 202 g/mol. The smallest absolute Gasteiger partial charge is 0.00434 e. The van der Waals surface area contributed by atoms with Crippen molar-refractivity contribution in [3.63, 3.8) is 0 Å². The summed E-state index contributed by atoms with van der Waals surface area (Å²) < 4.78 is 0. The van der Waals surface area contributed by atoms with E-state index in [0.717, 1.165) is 5.33 Å². The molecule has 0 heterocycles. The van der Waals surface area contributed by atoms with E-state index in [1.807, 2.05) is 0 Å². The highest BCUT2D eigenvalue weighted by Crippen LogP contribution is 2.05. The van der Waals surface area contributed by atoms with Crippen LogP contribution in [0.3, 0.4) is 0 Å². The highest BCUT2D eigenvalue weighted by atomic mass is 79.9. The molecule has 1 nitrogen and oxygen atoms in total. The van der Waals surface area contributed by atoms with E-state index in [1.165, 1.54) is 13.0 Å². The van der Waals surface area contributed by atoms with Crippen molar-refractivity contribution in [2.24, 2.45) is 0 Å². The van der Waals surface area contributed by atoms with Crippen LogP contribution in [0, 0.1) is 0 Å². The zero-order chi connectivity index (χ0) is 8.85. The van der Waals surface area contributed by atoms with Gasteiger partial charge in [0, 0.05) is 17.4 Å². The fourth-order valence-electron chi connectivity index (χ4n) is 1.36. The molecule has 0 fully saturated rings. The molecule has 0 aromatic rings. The fraction of sp³-hybridized carbons (Fsp3) is 1.00. The highest BCUT2D eigenvalue weighted by molar-refractivity contribution is 9.09. The number of hydrogen-bond acceptors (Lipinski definition) is 1. The minimum atomic E-state index is 0.675.